The molecule has 202 valence electrons. The highest BCUT2D eigenvalue weighted by Gasteiger charge is 2.32. The molecule has 2 fully saturated rings. The Morgan fingerprint density at radius 2 is 1.65 bits per heavy atom. The van der Waals surface area contributed by atoms with Crippen molar-refractivity contribution in [2.45, 2.75) is 108 Å². The van der Waals surface area contributed by atoms with Crippen LogP contribution in [0.15, 0.2) is 23.4 Å². The second-order valence-electron chi connectivity index (χ2n) is 10.1. The molecule has 1 N–H and O–H groups in total. The zero-order chi connectivity index (χ0) is 26.4. The average molecular weight is 567 g/mol. The number of carbonyl (C=O) groups is 2. The fourth-order valence-electron chi connectivity index (χ4n) is 5.63. The Morgan fingerprint density at radius 3 is 2.22 bits per heavy atom. The van der Waals surface area contributed by atoms with Crippen molar-refractivity contribution in [1.82, 2.24) is 25.0 Å². The molecule has 2 saturated carbocycles. The molecule has 0 aliphatic heterocycles. The first-order valence-electron chi connectivity index (χ1n) is 13.5. The molecule has 37 heavy (non-hydrogen) atoms. The fraction of sp³-hybridized carbons (Fsp3) is 0.630. The maximum Gasteiger partial charge on any atom is 0.251 e. The summed E-state index contributed by atoms with van der Waals surface area (Å²) in [6.07, 6.45) is 11.9. The lowest BCUT2D eigenvalue weighted by Crippen LogP contribution is -2.49. The van der Waals surface area contributed by atoms with Crippen LogP contribution in [0, 0.1) is 0 Å². The van der Waals surface area contributed by atoms with E-state index in [9.17, 15) is 9.59 Å². The Balaban J connectivity index is 1.42. The highest BCUT2D eigenvalue weighted by atomic mass is 35.5. The van der Waals surface area contributed by atoms with Gasteiger partial charge in [0.2, 0.25) is 5.91 Å². The number of amides is 2. The first kappa shape index (κ1) is 28.2. The van der Waals surface area contributed by atoms with Crippen molar-refractivity contribution in [3.8, 4) is 0 Å². The van der Waals surface area contributed by atoms with E-state index in [0.29, 0.717) is 51.0 Å². The summed E-state index contributed by atoms with van der Waals surface area (Å²) in [6, 6.07) is 5.17. The van der Waals surface area contributed by atoms with Gasteiger partial charge in [0.05, 0.1) is 21.8 Å². The lowest BCUT2D eigenvalue weighted by Gasteiger charge is -2.41. The van der Waals surface area contributed by atoms with E-state index in [1.165, 1.54) is 50.3 Å². The summed E-state index contributed by atoms with van der Waals surface area (Å²) in [5, 5.41) is 13.2. The van der Waals surface area contributed by atoms with Crippen LogP contribution in [-0.2, 0) is 11.3 Å². The molecule has 0 unspecified atom stereocenters. The number of aromatic nitrogens is 3. The van der Waals surface area contributed by atoms with Gasteiger partial charge in [0.15, 0.2) is 11.0 Å². The number of carbonyl (C=O) groups excluding carboxylic acids is 2. The molecular formula is C27H37Cl2N5O2S. The van der Waals surface area contributed by atoms with Crippen LogP contribution in [0.5, 0.6) is 0 Å². The Labute approximate surface area is 234 Å². The minimum Gasteiger partial charge on any atom is -0.342 e. The van der Waals surface area contributed by atoms with E-state index in [2.05, 4.69) is 20.4 Å². The number of nitrogens with one attached hydrogen (secondary N) is 1. The molecule has 2 aliphatic rings. The number of rotatable bonds is 9. The van der Waals surface area contributed by atoms with Gasteiger partial charge >= 0.3 is 0 Å². The summed E-state index contributed by atoms with van der Waals surface area (Å²) in [7, 11) is 0. The quantitative estimate of drug-likeness (QED) is 0.343. The van der Waals surface area contributed by atoms with Gasteiger partial charge in [-0.15, -0.1) is 10.2 Å². The monoisotopic (exact) mass is 565 g/mol. The number of benzene rings is 1. The normalized spacial score (nSPS) is 17.9. The number of hydrogen-bond acceptors (Lipinski definition) is 5. The molecule has 0 saturated heterocycles. The van der Waals surface area contributed by atoms with Crippen molar-refractivity contribution in [1.29, 1.82) is 0 Å². The molecule has 2 aromatic rings. The van der Waals surface area contributed by atoms with E-state index in [0.717, 1.165) is 25.7 Å². The van der Waals surface area contributed by atoms with Gasteiger partial charge in [-0.25, -0.2) is 0 Å². The van der Waals surface area contributed by atoms with E-state index >= 15 is 0 Å². The maximum absolute atomic E-state index is 13.6. The number of halogens is 2. The SMILES string of the molecule is CCn1c(SCC(=O)N(C2CCCCC2)C2CCCCC2)nnc1[C@H](C)NC(=O)c1ccc(Cl)c(Cl)c1. The van der Waals surface area contributed by atoms with Gasteiger partial charge in [0.1, 0.15) is 0 Å². The Morgan fingerprint density at radius 1 is 1.03 bits per heavy atom. The molecule has 2 aliphatic carbocycles. The molecule has 0 bridgehead atoms. The van der Waals surface area contributed by atoms with Gasteiger partial charge in [-0.2, -0.15) is 0 Å². The molecule has 1 aromatic carbocycles. The van der Waals surface area contributed by atoms with Gasteiger partial charge in [-0.3, -0.25) is 9.59 Å². The summed E-state index contributed by atoms with van der Waals surface area (Å²) < 4.78 is 1.98. The maximum atomic E-state index is 13.6. The lowest BCUT2D eigenvalue weighted by molar-refractivity contribution is -0.135. The van der Waals surface area contributed by atoms with E-state index in [4.69, 9.17) is 23.2 Å². The van der Waals surface area contributed by atoms with Crippen LogP contribution < -0.4 is 5.32 Å². The highest BCUT2D eigenvalue weighted by Crippen LogP contribution is 2.32. The minimum atomic E-state index is -0.375. The van der Waals surface area contributed by atoms with Crippen LogP contribution in [0.25, 0.3) is 0 Å². The second-order valence-corrected chi connectivity index (χ2v) is 11.8. The molecule has 0 radical (unpaired) electrons. The summed E-state index contributed by atoms with van der Waals surface area (Å²) in [5.41, 5.74) is 0.425. The first-order chi connectivity index (χ1) is 17.9. The number of nitrogens with zero attached hydrogens (tertiary/aromatic N) is 4. The van der Waals surface area contributed by atoms with Crippen LogP contribution >= 0.6 is 35.0 Å². The molecule has 7 nitrogen and oxygen atoms in total. The summed E-state index contributed by atoms with van der Waals surface area (Å²) in [4.78, 5) is 28.6. The molecular weight excluding hydrogens is 529 g/mol. The highest BCUT2D eigenvalue weighted by molar-refractivity contribution is 7.99. The number of thioether (sulfide) groups is 1. The zero-order valence-corrected chi connectivity index (χ0v) is 24.0. The first-order valence-corrected chi connectivity index (χ1v) is 15.3. The molecule has 1 atom stereocenters. The Kier molecular flexibility index (Phi) is 10.2. The fourth-order valence-corrected chi connectivity index (χ4v) is 6.81. The Hall–Kier alpha value is -1.77. The molecule has 1 aromatic heterocycles. The minimum absolute atomic E-state index is 0.219. The van der Waals surface area contributed by atoms with Gasteiger partial charge in [0, 0.05) is 24.2 Å². The van der Waals surface area contributed by atoms with E-state index in [-0.39, 0.29) is 17.9 Å². The predicted molar refractivity (Wildman–Crippen MR) is 149 cm³/mol. The van der Waals surface area contributed by atoms with Crippen molar-refractivity contribution in [2.75, 3.05) is 5.75 Å². The predicted octanol–water partition coefficient (Wildman–Crippen LogP) is 6.68. The van der Waals surface area contributed by atoms with Crippen LogP contribution in [0.1, 0.15) is 100 Å². The third kappa shape index (κ3) is 7.01. The van der Waals surface area contributed by atoms with Crippen LogP contribution in [0.4, 0.5) is 0 Å². The van der Waals surface area contributed by atoms with Crippen molar-refractivity contribution < 1.29 is 9.59 Å². The largest absolute Gasteiger partial charge is 0.342 e. The van der Waals surface area contributed by atoms with Crippen LogP contribution in [0.2, 0.25) is 10.0 Å². The summed E-state index contributed by atoms with van der Waals surface area (Å²) in [6.45, 7) is 4.53. The van der Waals surface area contributed by atoms with Crippen molar-refractivity contribution in [3.63, 3.8) is 0 Å². The average Bonchev–Trinajstić information content (AvgIpc) is 3.33. The summed E-state index contributed by atoms with van der Waals surface area (Å²) >= 11 is 13.5. The molecule has 0 spiro atoms. The van der Waals surface area contributed by atoms with Gasteiger partial charge < -0.3 is 14.8 Å². The second kappa shape index (κ2) is 13.3. The molecule has 1 heterocycles. The van der Waals surface area contributed by atoms with Crippen LogP contribution in [-0.4, -0.2) is 49.3 Å². The van der Waals surface area contributed by atoms with Crippen molar-refractivity contribution >= 4 is 46.8 Å². The van der Waals surface area contributed by atoms with E-state index in [1.54, 1.807) is 18.2 Å². The van der Waals surface area contributed by atoms with Gasteiger partial charge in [-0.1, -0.05) is 73.5 Å². The zero-order valence-electron chi connectivity index (χ0n) is 21.7. The number of hydrogen-bond donors (Lipinski definition) is 1. The third-order valence-electron chi connectivity index (χ3n) is 7.53. The van der Waals surface area contributed by atoms with Gasteiger partial charge in [-0.05, 0) is 57.7 Å². The lowest BCUT2D eigenvalue weighted by atomic mass is 9.88. The topological polar surface area (TPSA) is 80.1 Å². The van der Waals surface area contributed by atoms with Gasteiger partial charge in [0.25, 0.3) is 5.91 Å². The molecule has 2 amide bonds. The Bertz CT molecular complexity index is 1060. The van der Waals surface area contributed by atoms with Crippen LogP contribution in [0.3, 0.4) is 0 Å². The third-order valence-corrected chi connectivity index (χ3v) is 9.22. The van der Waals surface area contributed by atoms with Crippen molar-refractivity contribution in [2.24, 2.45) is 0 Å². The van der Waals surface area contributed by atoms with E-state index < -0.39 is 0 Å². The molecule has 4 rings (SSSR count). The molecule has 10 heteroatoms. The van der Waals surface area contributed by atoms with Crippen molar-refractivity contribution in [3.05, 3.63) is 39.6 Å². The smallest absolute Gasteiger partial charge is 0.251 e. The summed E-state index contributed by atoms with van der Waals surface area (Å²) in [5.74, 6) is 0.964. The van der Waals surface area contributed by atoms with E-state index in [1.807, 2.05) is 18.4 Å². The standard InChI is InChI=1S/C27H37Cl2N5O2S/c1-3-33-25(18(2)30-26(36)19-14-15-22(28)23(29)16-19)31-32-27(33)37-17-24(35)34(20-10-6-4-7-11-20)21-12-8-5-9-13-21/h14-16,18,20-21H,3-13,17H2,1-2H3,(H,30,36)/t18-/m0/s1.